The molecule has 0 spiro atoms. The molecule has 1 aromatic carbocycles. The Morgan fingerprint density at radius 3 is 2.70 bits per heavy atom. The Kier molecular flexibility index (Phi) is 2.31. The number of halogens is 2. The van der Waals surface area contributed by atoms with E-state index in [-0.39, 0.29) is 5.69 Å². The molecule has 0 amide bonds. The van der Waals surface area contributed by atoms with Gasteiger partial charge in [0.2, 0.25) is 0 Å². The Labute approximate surface area is 70.6 Å². The third kappa shape index (κ3) is 1.50. The molecule has 0 N–H and O–H groups in total. The lowest BCUT2D eigenvalue weighted by Gasteiger charge is -1.91. The highest BCUT2D eigenvalue weighted by atomic mass is 127. The van der Waals surface area contributed by atoms with E-state index in [1.54, 1.807) is 0 Å². The second-order valence-corrected chi connectivity index (χ2v) is 2.85. The Hall–Kier alpha value is -0.520. The second kappa shape index (κ2) is 3.05. The first kappa shape index (κ1) is 7.59. The van der Waals surface area contributed by atoms with Crippen molar-refractivity contribution in [1.82, 2.24) is 0 Å². The Morgan fingerprint density at radius 1 is 1.50 bits per heavy atom. The molecule has 1 aromatic rings. The van der Waals surface area contributed by atoms with E-state index in [4.69, 9.17) is 0 Å². The third-order valence-electron chi connectivity index (χ3n) is 1.01. The molecule has 0 atom stereocenters. The van der Waals surface area contributed by atoms with Crippen molar-refractivity contribution in [1.29, 1.82) is 0 Å². The van der Waals surface area contributed by atoms with Crippen molar-refractivity contribution in [2.75, 3.05) is 0 Å². The summed E-state index contributed by atoms with van der Waals surface area (Å²) in [6.45, 7) is 0. The fraction of sp³-hybridized carbons (Fsp3) is 0. The van der Waals surface area contributed by atoms with E-state index in [0.29, 0.717) is 3.57 Å². The van der Waals surface area contributed by atoms with Crippen LogP contribution in [0.4, 0.5) is 10.1 Å². The van der Waals surface area contributed by atoms with Crippen molar-refractivity contribution in [3.63, 3.8) is 0 Å². The minimum atomic E-state index is -0.405. The van der Waals surface area contributed by atoms with Crippen molar-refractivity contribution in [3.05, 3.63) is 32.5 Å². The zero-order valence-electron chi connectivity index (χ0n) is 4.84. The Morgan fingerprint density at radius 2 is 2.20 bits per heavy atom. The SMILES string of the molecule is O=Nc1ccc(I)c(F)c1. The van der Waals surface area contributed by atoms with E-state index >= 15 is 0 Å². The molecule has 0 saturated heterocycles. The molecule has 0 fully saturated rings. The zero-order chi connectivity index (χ0) is 7.56. The largest absolute Gasteiger partial charge is 0.206 e. The first-order valence-corrected chi connectivity index (χ1v) is 3.60. The summed E-state index contributed by atoms with van der Waals surface area (Å²) in [6.07, 6.45) is 0. The van der Waals surface area contributed by atoms with E-state index < -0.39 is 5.82 Å². The number of benzene rings is 1. The molecule has 0 bridgehead atoms. The van der Waals surface area contributed by atoms with E-state index in [9.17, 15) is 9.30 Å². The van der Waals surface area contributed by atoms with Gasteiger partial charge in [-0.15, -0.1) is 4.91 Å². The highest BCUT2D eigenvalue weighted by Crippen LogP contribution is 2.17. The van der Waals surface area contributed by atoms with Gasteiger partial charge >= 0.3 is 0 Å². The molecule has 2 nitrogen and oxygen atoms in total. The maximum Gasteiger partial charge on any atom is 0.138 e. The van der Waals surface area contributed by atoms with Gasteiger partial charge in [-0.25, -0.2) is 4.39 Å². The second-order valence-electron chi connectivity index (χ2n) is 1.69. The van der Waals surface area contributed by atoms with Crippen molar-refractivity contribution in [2.24, 2.45) is 5.18 Å². The topological polar surface area (TPSA) is 29.4 Å². The lowest BCUT2D eigenvalue weighted by molar-refractivity contribution is 0.620. The van der Waals surface area contributed by atoms with Crippen LogP contribution in [0.1, 0.15) is 0 Å². The average Bonchev–Trinajstić information content (AvgIpc) is 1.95. The van der Waals surface area contributed by atoms with Crippen molar-refractivity contribution in [3.8, 4) is 0 Å². The first-order chi connectivity index (χ1) is 4.74. The summed E-state index contributed by atoms with van der Waals surface area (Å²) in [4.78, 5) is 9.85. The number of nitrogens with zero attached hydrogens (tertiary/aromatic N) is 1. The molecule has 1 rings (SSSR count). The minimum Gasteiger partial charge on any atom is -0.206 e. The van der Waals surface area contributed by atoms with Gasteiger partial charge in [0.1, 0.15) is 11.5 Å². The van der Waals surface area contributed by atoms with Crippen LogP contribution in [0.5, 0.6) is 0 Å². The molecule has 0 aliphatic heterocycles. The van der Waals surface area contributed by atoms with E-state index in [1.807, 2.05) is 22.6 Å². The van der Waals surface area contributed by atoms with Crippen molar-refractivity contribution < 1.29 is 4.39 Å². The van der Waals surface area contributed by atoms with Gasteiger partial charge in [0, 0.05) is 9.64 Å². The normalized spacial score (nSPS) is 9.40. The lowest BCUT2D eigenvalue weighted by atomic mass is 10.3. The molecule has 0 unspecified atom stereocenters. The summed E-state index contributed by atoms with van der Waals surface area (Å²) in [5.74, 6) is -0.405. The molecule has 0 aliphatic carbocycles. The highest BCUT2D eigenvalue weighted by molar-refractivity contribution is 14.1. The number of rotatable bonds is 1. The fourth-order valence-electron chi connectivity index (χ4n) is 0.542. The van der Waals surface area contributed by atoms with Gasteiger partial charge in [-0.2, -0.15) is 0 Å². The quantitative estimate of drug-likeness (QED) is 0.557. The summed E-state index contributed by atoms with van der Waals surface area (Å²) < 4.78 is 13.1. The van der Waals surface area contributed by atoms with Crippen LogP contribution in [-0.4, -0.2) is 0 Å². The molecule has 0 radical (unpaired) electrons. The van der Waals surface area contributed by atoms with Gasteiger partial charge in [0.15, 0.2) is 0 Å². The van der Waals surface area contributed by atoms with Crippen molar-refractivity contribution in [2.45, 2.75) is 0 Å². The van der Waals surface area contributed by atoms with Crippen LogP contribution in [0, 0.1) is 14.3 Å². The monoisotopic (exact) mass is 251 g/mol. The van der Waals surface area contributed by atoms with Crippen LogP contribution in [0.3, 0.4) is 0 Å². The molecular weight excluding hydrogens is 248 g/mol. The molecule has 0 aromatic heterocycles. The van der Waals surface area contributed by atoms with Crippen LogP contribution >= 0.6 is 22.6 Å². The Bertz CT molecular complexity index is 264. The molecule has 0 heterocycles. The van der Waals surface area contributed by atoms with E-state index in [0.717, 1.165) is 6.07 Å². The van der Waals surface area contributed by atoms with Crippen LogP contribution < -0.4 is 0 Å². The summed E-state index contributed by atoms with van der Waals surface area (Å²) >= 11 is 1.84. The van der Waals surface area contributed by atoms with Crippen LogP contribution in [0.25, 0.3) is 0 Å². The van der Waals surface area contributed by atoms with E-state index in [2.05, 4.69) is 5.18 Å². The minimum absolute atomic E-state index is 0.123. The number of hydrogen-bond donors (Lipinski definition) is 0. The molecule has 52 valence electrons. The zero-order valence-corrected chi connectivity index (χ0v) is 7.00. The summed E-state index contributed by atoms with van der Waals surface area (Å²) in [6, 6.07) is 4.08. The van der Waals surface area contributed by atoms with E-state index in [1.165, 1.54) is 12.1 Å². The summed E-state index contributed by atoms with van der Waals surface area (Å²) in [5, 5.41) is 2.58. The maximum absolute atomic E-state index is 12.6. The lowest BCUT2D eigenvalue weighted by Crippen LogP contribution is -1.77. The van der Waals surface area contributed by atoms with Gasteiger partial charge in [-0.1, -0.05) is 0 Å². The molecule has 0 aliphatic rings. The van der Waals surface area contributed by atoms with Crippen LogP contribution in [0.15, 0.2) is 23.4 Å². The highest BCUT2D eigenvalue weighted by Gasteiger charge is 1.98. The molecule has 10 heavy (non-hydrogen) atoms. The predicted octanol–water partition coefficient (Wildman–Crippen LogP) is 2.83. The van der Waals surface area contributed by atoms with Gasteiger partial charge < -0.3 is 0 Å². The Balaban J connectivity index is 3.16. The van der Waals surface area contributed by atoms with Crippen molar-refractivity contribution >= 4 is 28.3 Å². The average molecular weight is 251 g/mol. The third-order valence-corrected chi connectivity index (χ3v) is 1.88. The maximum atomic E-state index is 12.6. The smallest absolute Gasteiger partial charge is 0.138 e. The predicted molar refractivity (Wildman–Crippen MR) is 44.6 cm³/mol. The number of hydrogen-bond acceptors (Lipinski definition) is 2. The van der Waals surface area contributed by atoms with Crippen LogP contribution in [-0.2, 0) is 0 Å². The number of nitroso groups, excluding NO2 is 1. The van der Waals surface area contributed by atoms with Gasteiger partial charge in [-0.05, 0) is 39.9 Å². The molecule has 4 heteroatoms. The van der Waals surface area contributed by atoms with Crippen LogP contribution in [0.2, 0.25) is 0 Å². The molecular formula is C6H3FINO. The van der Waals surface area contributed by atoms with Gasteiger partial charge in [-0.3, -0.25) is 0 Å². The summed E-state index contributed by atoms with van der Waals surface area (Å²) in [7, 11) is 0. The summed E-state index contributed by atoms with van der Waals surface area (Å²) in [5.41, 5.74) is 0.123. The first-order valence-electron chi connectivity index (χ1n) is 2.52. The van der Waals surface area contributed by atoms with Gasteiger partial charge in [0.05, 0.1) is 0 Å². The fourth-order valence-corrected chi connectivity index (χ4v) is 0.877. The van der Waals surface area contributed by atoms with Gasteiger partial charge in [0.25, 0.3) is 0 Å². The standard InChI is InChI=1S/C6H3FINO/c7-5-3-4(9-10)1-2-6(5)8/h1-3H. The molecule has 0 saturated carbocycles.